The molecule has 0 unspecified atom stereocenters. The van der Waals surface area contributed by atoms with Crippen LogP contribution in [0, 0.1) is 0 Å². The average Bonchev–Trinajstić information content (AvgIpc) is 3.38. The topological polar surface area (TPSA) is 106 Å². The number of carbonyl (C=O) groups is 2. The van der Waals surface area contributed by atoms with Crippen LogP contribution in [0.3, 0.4) is 0 Å². The summed E-state index contributed by atoms with van der Waals surface area (Å²) in [5, 5.41) is 12.7. The summed E-state index contributed by atoms with van der Waals surface area (Å²) in [7, 11) is 0. The normalized spacial score (nSPS) is 11.5. The zero-order valence-corrected chi connectivity index (χ0v) is 18.6. The summed E-state index contributed by atoms with van der Waals surface area (Å²) < 4.78 is 40.5. The Morgan fingerprint density at radius 1 is 1.12 bits per heavy atom. The molecule has 9 nitrogen and oxygen atoms in total. The van der Waals surface area contributed by atoms with E-state index in [-0.39, 0.29) is 27.9 Å². The zero-order valence-electron chi connectivity index (χ0n) is 16.3. The molecule has 0 aliphatic heterocycles. The number of hydrogen-bond donors (Lipinski definition) is 2. The minimum absolute atomic E-state index is 0.00434. The Kier molecular flexibility index (Phi) is 6.08. The Labute approximate surface area is 196 Å². The van der Waals surface area contributed by atoms with Crippen LogP contribution in [0.2, 0.25) is 5.02 Å². The zero-order chi connectivity index (χ0) is 23.8. The van der Waals surface area contributed by atoms with Crippen LogP contribution < -0.4 is 10.6 Å². The number of alkyl halides is 3. The number of fused-ring (bicyclic) bond motifs is 1. The smallest absolute Gasteiger partial charge is 0.342 e. The van der Waals surface area contributed by atoms with Gasteiger partial charge in [0, 0.05) is 12.3 Å². The molecule has 0 saturated heterocycles. The van der Waals surface area contributed by atoms with Gasteiger partial charge in [-0.25, -0.2) is 14.2 Å². The van der Waals surface area contributed by atoms with E-state index in [4.69, 9.17) is 11.6 Å². The van der Waals surface area contributed by atoms with Crippen LogP contribution in [0.1, 0.15) is 21.0 Å². The molecule has 14 heteroatoms. The summed E-state index contributed by atoms with van der Waals surface area (Å²) in [5.41, 5.74) is 0.103. The molecule has 2 amide bonds. The molecule has 4 heterocycles. The first-order valence-electron chi connectivity index (χ1n) is 9.13. The molecule has 0 spiro atoms. The molecule has 0 aliphatic rings. The van der Waals surface area contributed by atoms with E-state index in [2.05, 4.69) is 36.4 Å². The fourth-order valence-electron chi connectivity index (χ4n) is 2.97. The molecule has 0 bridgehead atoms. The van der Waals surface area contributed by atoms with Crippen molar-refractivity contribution in [1.29, 1.82) is 0 Å². The van der Waals surface area contributed by atoms with Gasteiger partial charge in [0.25, 0.3) is 11.8 Å². The Morgan fingerprint density at radius 3 is 2.64 bits per heavy atom. The molecule has 0 fully saturated rings. The number of halogens is 5. The van der Waals surface area contributed by atoms with E-state index in [1.54, 1.807) is 29.6 Å². The number of amides is 2. The fraction of sp³-hybridized carbons (Fsp3) is 0.105. The number of nitrogens with zero attached hydrogens (tertiary/aromatic N) is 5. The maximum absolute atomic E-state index is 13.1. The molecule has 170 valence electrons. The van der Waals surface area contributed by atoms with Crippen molar-refractivity contribution in [3.8, 4) is 5.82 Å². The minimum Gasteiger partial charge on any atom is -0.342 e. The van der Waals surface area contributed by atoms with Gasteiger partial charge in [-0.05, 0) is 46.3 Å². The predicted octanol–water partition coefficient (Wildman–Crippen LogP) is 3.88. The highest BCUT2D eigenvalue weighted by atomic mass is 79.9. The number of nitrogens with one attached hydrogen (secondary N) is 2. The summed E-state index contributed by atoms with van der Waals surface area (Å²) in [6.45, 7) is -1.55. The van der Waals surface area contributed by atoms with Gasteiger partial charge in [0.1, 0.15) is 16.8 Å². The number of pyridine rings is 2. The van der Waals surface area contributed by atoms with Crippen molar-refractivity contribution in [2.45, 2.75) is 6.18 Å². The van der Waals surface area contributed by atoms with E-state index in [0.29, 0.717) is 10.1 Å². The standard InChI is InChI=1S/C19H12BrClF3N7O2/c20-14-8-13(31(29-14)16-11(21)2-1-6-25-16)17(32)28-12-4-3-10-5-7-27-30(10)15(12)18(33)26-9-19(22,23)24/h1-8H,9H2,(H,26,33)(H,28,32). The Hall–Kier alpha value is -3.45. The molecule has 4 aromatic rings. The molecule has 4 rings (SSSR count). The van der Waals surface area contributed by atoms with Crippen molar-refractivity contribution >= 4 is 50.5 Å². The minimum atomic E-state index is -4.61. The van der Waals surface area contributed by atoms with E-state index in [1.165, 1.54) is 29.2 Å². The lowest BCUT2D eigenvalue weighted by molar-refractivity contribution is -0.123. The highest BCUT2D eigenvalue weighted by molar-refractivity contribution is 9.10. The highest BCUT2D eigenvalue weighted by Gasteiger charge is 2.29. The molecule has 4 aromatic heterocycles. The lowest BCUT2D eigenvalue weighted by Gasteiger charge is -2.14. The molecule has 33 heavy (non-hydrogen) atoms. The molecule has 0 saturated carbocycles. The lowest BCUT2D eigenvalue weighted by atomic mass is 10.2. The maximum atomic E-state index is 13.1. The second-order valence-corrected chi connectivity index (χ2v) is 7.81. The Morgan fingerprint density at radius 2 is 1.91 bits per heavy atom. The largest absolute Gasteiger partial charge is 0.405 e. The Balaban J connectivity index is 1.71. The van der Waals surface area contributed by atoms with Gasteiger partial charge in [-0.1, -0.05) is 11.6 Å². The SMILES string of the molecule is O=C(Nc1ccc2ccnn2c1C(=O)NCC(F)(F)F)c1cc(Br)nn1-c1ncccc1Cl. The maximum Gasteiger partial charge on any atom is 0.405 e. The van der Waals surface area contributed by atoms with Crippen LogP contribution in [-0.2, 0) is 0 Å². The molecule has 0 radical (unpaired) electrons. The van der Waals surface area contributed by atoms with Crippen molar-refractivity contribution in [2.24, 2.45) is 0 Å². The first-order chi connectivity index (χ1) is 15.6. The van der Waals surface area contributed by atoms with Crippen LogP contribution >= 0.6 is 27.5 Å². The first kappa shape index (κ1) is 22.7. The second-order valence-electron chi connectivity index (χ2n) is 6.59. The number of hydrogen-bond acceptors (Lipinski definition) is 5. The van der Waals surface area contributed by atoms with E-state index < -0.39 is 24.5 Å². The van der Waals surface area contributed by atoms with Crippen molar-refractivity contribution in [2.75, 3.05) is 11.9 Å². The van der Waals surface area contributed by atoms with Gasteiger partial charge < -0.3 is 10.6 Å². The van der Waals surface area contributed by atoms with E-state index in [0.717, 1.165) is 4.52 Å². The molecular formula is C19H12BrClF3N7O2. The third kappa shape index (κ3) is 4.83. The van der Waals surface area contributed by atoms with Gasteiger partial charge in [0.15, 0.2) is 11.5 Å². The quantitative estimate of drug-likeness (QED) is 0.398. The molecular weight excluding hydrogens is 531 g/mol. The van der Waals surface area contributed by atoms with Crippen molar-refractivity contribution < 1.29 is 22.8 Å². The average molecular weight is 543 g/mol. The van der Waals surface area contributed by atoms with Crippen LogP contribution in [0.15, 0.2) is 53.4 Å². The Bertz CT molecular complexity index is 1370. The van der Waals surface area contributed by atoms with E-state index >= 15 is 0 Å². The molecule has 0 atom stereocenters. The summed E-state index contributed by atoms with van der Waals surface area (Å²) in [5.74, 6) is -1.61. The van der Waals surface area contributed by atoms with Crippen molar-refractivity contribution in [1.82, 2.24) is 29.7 Å². The van der Waals surface area contributed by atoms with Crippen molar-refractivity contribution in [3.05, 3.63) is 69.8 Å². The fourth-order valence-corrected chi connectivity index (χ4v) is 3.54. The summed E-state index contributed by atoms with van der Waals surface area (Å²) in [6.07, 6.45) is -1.78. The van der Waals surface area contributed by atoms with Gasteiger partial charge in [-0.3, -0.25) is 9.59 Å². The van der Waals surface area contributed by atoms with Gasteiger partial charge in [0.2, 0.25) is 0 Å². The van der Waals surface area contributed by atoms with Gasteiger partial charge in [-0.15, -0.1) is 0 Å². The monoisotopic (exact) mass is 541 g/mol. The van der Waals surface area contributed by atoms with Crippen LogP contribution in [0.5, 0.6) is 0 Å². The number of anilines is 1. The highest BCUT2D eigenvalue weighted by Crippen LogP contribution is 2.24. The third-order valence-electron chi connectivity index (χ3n) is 4.32. The van der Waals surface area contributed by atoms with E-state index in [9.17, 15) is 22.8 Å². The van der Waals surface area contributed by atoms with Crippen LogP contribution in [0.4, 0.5) is 18.9 Å². The van der Waals surface area contributed by atoms with Crippen LogP contribution in [-0.4, -0.2) is 48.9 Å². The third-order valence-corrected chi connectivity index (χ3v) is 5.01. The second kappa shape index (κ2) is 8.83. The van der Waals surface area contributed by atoms with Gasteiger partial charge in [-0.2, -0.15) is 23.4 Å². The summed E-state index contributed by atoms with van der Waals surface area (Å²) >= 11 is 9.36. The number of carbonyl (C=O) groups excluding carboxylic acids is 2. The predicted molar refractivity (Wildman–Crippen MR) is 116 cm³/mol. The van der Waals surface area contributed by atoms with Gasteiger partial charge >= 0.3 is 6.18 Å². The molecule has 0 aliphatic carbocycles. The van der Waals surface area contributed by atoms with Gasteiger partial charge in [0.05, 0.1) is 22.4 Å². The van der Waals surface area contributed by atoms with Crippen LogP contribution in [0.25, 0.3) is 11.3 Å². The lowest BCUT2D eigenvalue weighted by Crippen LogP contribution is -2.35. The summed E-state index contributed by atoms with van der Waals surface area (Å²) in [6, 6.07) is 9.07. The van der Waals surface area contributed by atoms with E-state index in [1.807, 2.05) is 0 Å². The van der Waals surface area contributed by atoms with Crippen molar-refractivity contribution in [3.63, 3.8) is 0 Å². The number of rotatable bonds is 5. The first-order valence-corrected chi connectivity index (χ1v) is 10.3. The molecule has 2 N–H and O–H groups in total. The molecule has 0 aromatic carbocycles. The summed E-state index contributed by atoms with van der Waals surface area (Å²) in [4.78, 5) is 29.8. The number of aromatic nitrogens is 5.